The summed E-state index contributed by atoms with van der Waals surface area (Å²) < 4.78 is 2.09. The smallest absolute Gasteiger partial charge is 0.222 e. The number of nitrogens with zero attached hydrogens (tertiary/aromatic N) is 5. The van der Waals surface area contributed by atoms with Gasteiger partial charge in [0.1, 0.15) is 12.2 Å². The first kappa shape index (κ1) is 22.6. The van der Waals surface area contributed by atoms with E-state index in [1.54, 1.807) is 6.33 Å². The lowest BCUT2D eigenvalue weighted by atomic mass is 9.96. The van der Waals surface area contributed by atoms with Gasteiger partial charge >= 0.3 is 0 Å². The number of aliphatic imine (C=N–C) groups is 1. The van der Waals surface area contributed by atoms with Gasteiger partial charge in [0.05, 0.1) is 0 Å². The van der Waals surface area contributed by atoms with Gasteiger partial charge in [0, 0.05) is 51.6 Å². The molecule has 0 radical (unpaired) electrons. The second-order valence-corrected chi connectivity index (χ2v) is 8.48. The van der Waals surface area contributed by atoms with E-state index in [0.29, 0.717) is 18.4 Å². The Morgan fingerprint density at radius 3 is 2.83 bits per heavy atom. The van der Waals surface area contributed by atoms with Crippen molar-refractivity contribution in [3.05, 3.63) is 12.2 Å². The quantitative estimate of drug-likeness (QED) is 0.366. The molecule has 8 nitrogen and oxygen atoms in total. The maximum Gasteiger partial charge on any atom is 0.222 e. The highest BCUT2D eigenvalue weighted by atomic mass is 16.2. The highest BCUT2D eigenvalue weighted by Crippen LogP contribution is 2.17. The Balaban J connectivity index is 1.48. The van der Waals surface area contributed by atoms with Gasteiger partial charge in [0.25, 0.3) is 0 Å². The van der Waals surface area contributed by atoms with Crippen LogP contribution >= 0.6 is 0 Å². The molecule has 0 unspecified atom stereocenters. The standard InChI is InChI=1S/C22H39N7O/c1-2-20-27-25-18-29(20)17-14-24-22(26-19-10-5-3-6-11-19)23-13-9-16-28-15-8-4-7-12-21(28)30/h18-19H,2-17H2,1H3,(H2,23,24,26). The molecular weight excluding hydrogens is 378 g/mol. The number of amides is 1. The summed E-state index contributed by atoms with van der Waals surface area (Å²) in [6.07, 6.45) is 14.0. The van der Waals surface area contributed by atoms with Gasteiger partial charge in [-0.15, -0.1) is 10.2 Å². The van der Waals surface area contributed by atoms with E-state index in [4.69, 9.17) is 4.99 Å². The zero-order valence-corrected chi connectivity index (χ0v) is 18.6. The summed E-state index contributed by atoms with van der Waals surface area (Å²) in [4.78, 5) is 19.0. The number of guanidine groups is 1. The minimum absolute atomic E-state index is 0.316. The predicted molar refractivity (Wildman–Crippen MR) is 119 cm³/mol. The predicted octanol–water partition coefficient (Wildman–Crippen LogP) is 2.50. The lowest BCUT2D eigenvalue weighted by molar-refractivity contribution is -0.130. The Bertz CT molecular complexity index is 666. The SMILES string of the molecule is CCc1nncn1CCNC(=NCCCN1CCCCCC1=O)NC1CCCCC1. The van der Waals surface area contributed by atoms with Crippen molar-refractivity contribution in [1.82, 2.24) is 30.3 Å². The van der Waals surface area contributed by atoms with Gasteiger partial charge in [-0.3, -0.25) is 9.79 Å². The van der Waals surface area contributed by atoms with Gasteiger partial charge in [-0.2, -0.15) is 0 Å². The van der Waals surface area contributed by atoms with Gasteiger partial charge in [-0.25, -0.2) is 0 Å². The lowest BCUT2D eigenvalue weighted by Gasteiger charge is -2.25. The molecule has 0 bridgehead atoms. The van der Waals surface area contributed by atoms with E-state index < -0.39 is 0 Å². The van der Waals surface area contributed by atoms with E-state index in [2.05, 4.69) is 32.3 Å². The molecule has 2 heterocycles. The zero-order chi connectivity index (χ0) is 21.0. The topological polar surface area (TPSA) is 87.4 Å². The molecule has 0 atom stereocenters. The first-order valence-electron chi connectivity index (χ1n) is 12.0. The lowest BCUT2D eigenvalue weighted by Crippen LogP contribution is -2.45. The van der Waals surface area contributed by atoms with Crippen molar-refractivity contribution in [3.63, 3.8) is 0 Å². The molecule has 1 saturated heterocycles. The maximum absolute atomic E-state index is 12.2. The van der Waals surface area contributed by atoms with E-state index in [-0.39, 0.29) is 0 Å². The monoisotopic (exact) mass is 417 g/mol. The number of rotatable bonds is 9. The molecule has 1 aliphatic carbocycles. The first-order chi connectivity index (χ1) is 14.8. The third kappa shape index (κ3) is 7.29. The number of carbonyl (C=O) groups is 1. The van der Waals surface area contributed by atoms with Crippen LogP contribution in [0.15, 0.2) is 11.3 Å². The largest absolute Gasteiger partial charge is 0.355 e. The van der Waals surface area contributed by atoms with Crippen LogP contribution in [0.3, 0.4) is 0 Å². The van der Waals surface area contributed by atoms with Gasteiger partial charge in [0.15, 0.2) is 5.96 Å². The second kappa shape index (κ2) is 12.5. The third-order valence-electron chi connectivity index (χ3n) is 6.13. The Labute approximate surface area is 180 Å². The first-order valence-corrected chi connectivity index (χ1v) is 12.0. The summed E-state index contributed by atoms with van der Waals surface area (Å²) in [5.74, 6) is 2.23. The Morgan fingerprint density at radius 1 is 1.17 bits per heavy atom. The molecule has 1 saturated carbocycles. The normalized spacial score (nSPS) is 19.0. The summed E-state index contributed by atoms with van der Waals surface area (Å²) in [6, 6.07) is 0.512. The number of hydrogen-bond donors (Lipinski definition) is 2. The van der Waals surface area contributed by atoms with Crippen molar-refractivity contribution in [2.75, 3.05) is 26.2 Å². The molecule has 1 aliphatic heterocycles. The van der Waals surface area contributed by atoms with Crippen LogP contribution in [0.1, 0.15) is 77.0 Å². The molecule has 1 aromatic heterocycles. The van der Waals surface area contributed by atoms with Crippen LogP contribution in [-0.2, 0) is 17.8 Å². The Morgan fingerprint density at radius 2 is 2.00 bits per heavy atom. The van der Waals surface area contributed by atoms with E-state index in [1.807, 2.05) is 4.90 Å². The highest BCUT2D eigenvalue weighted by Gasteiger charge is 2.16. The summed E-state index contributed by atoms with van der Waals surface area (Å²) in [7, 11) is 0. The number of aromatic nitrogens is 3. The fourth-order valence-electron chi connectivity index (χ4n) is 4.35. The number of hydrogen-bond acceptors (Lipinski definition) is 4. The van der Waals surface area contributed by atoms with E-state index >= 15 is 0 Å². The minimum atomic E-state index is 0.316. The molecule has 2 N–H and O–H groups in total. The molecule has 0 aromatic carbocycles. The van der Waals surface area contributed by atoms with E-state index in [0.717, 1.165) is 70.2 Å². The average Bonchev–Trinajstić information content (AvgIpc) is 3.12. The maximum atomic E-state index is 12.2. The summed E-state index contributed by atoms with van der Waals surface area (Å²) in [5.41, 5.74) is 0. The molecular formula is C22H39N7O. The van der Waals surface area contributed by atoms with E-state index in [1.165, 1.54) is 38.5 Å². The van der Waals surface area contributed by atoms with E-state index in [9.17, 15) is 4.79 Å². The number of carbonyl (C=O) groups excluding carboxylic acids is 1. The van der Waals surface area contributed by atoms with Crippen molar-refractivity contribution in [1.29, 1.82) is 0 Å². The molecule has 2 fully saturated rings. The average molecular weight is 418 g/mol. The van der Waals surface area contributed by atoms with Crippen LogP contribution in [0, 0.1) is 0 Å². The van der Waals surface area contributed by atoms with Crippen LogP contribution < -0.4 is 10.6 Å². The fraction of sp³-hybridized carbons (Fsp3) is 0.818. The van der Waals surface area contributed by atoms with Crippen molar-refractivity contribution in [2.45, 2.75) is 90.1 Å². The van der Waals surface area contributed by atoms with Crippen molar-refractivity contribution in [3.8, 4) is 0 Å². The molecule has 30 heavy (non-hydrogen) atoms. The summed E-state index contributed by atoms with van der Waals surface area (Å²) in [6.45, 7) is 6.17. The van der Waals surface area contributed by atoms with Gasteiger partial charge in [-0.1, -0.05) is 32.6 Å². The molecule has 8 heteroatoms. The molecule has 1 amide bonds. The van der Waals surface area contributed by atoms with Crippen LogP contribution in [0.2, 0.25) is 0 Å². The van der Waals surface area contributed by atoms with Crippen LogP contribution in [0.25, 0.3) is 0 Å². The molecule has 0 spiro atoms. The second-order valence-electron chi connectivity index (χ2n) is 8.48. The van der Waals surface area contributed by atoms with Crippen LogP contribution in [0.5, 0.6) is 0 Å². The van der Waals surface area contributed by atoms with Crippen molar-refractivity contribution >= 4 is 11.9 Å². The van der Waals surface area contributed by atoms with Crippen LogP contribution in [-0.4, -0.2) is 63.8 Å². The highest BCUT2D eigenvalue weighted by molar-refractivity contribution is 5.80. The van der Waals surface area contributed by atoms with Crippen molar-refractivity contribution in [2.24, 2.45) is 4.99 Å². The Kier molecular flexibility index (Phi) is 9.44. The van der Waals surface area contributed by atoms with Crippen molar-refractivity contribution < 1.29 is 4.79 Å². The molecule has 1 aromatic rings. The number of likely N-dealkylation sites (tertiary alicyclic amines) is 1. The summed E-state index contributed by atoms with van der Waals surface area (Å²) >= 11 is 0. The number of aryl methyl sites for hydroxylation is 1. The number of nitrogens with one attached hydrogen (secondary N) is 2. The Hall–Kier alpha value is -2.12. The van der Waals surface area contributed by atoms with Gasteiger partial charge in [0.2, 0.25) is 5.91 Å². The fourth-order valence-corrected chi connectivity index (χ4v) is 4.35. The minimum Gasteiger partial charge on any atom is -0.355 e. The van der Waals surface area contributed by atoms with Gasteiger partial charge < -0.3 is 20.1 Å². The molecule has 168 valence electrons. The molecule has 2 aliphatic rings. The third-order valence-corrected chi connectivity index (χ3v) is 6.13. The van der Waals surface area contributed by atoms with Crippen LogP contribution in [0.4, 0.5) is 0 Å². The summed E-state index contributed by atoms with van der Waals surface area (Å²) in [5, 5.41) is 15.3. The zero-order valence-electron chi connectivity index (χ0n) is 18.6. The molecule has 3 rings (SSSR count). The van der Waals surface area contributed by atoms with Gasteiger partial charge in [-0.05, 0) is 32.1 Å².